The number of carbonyl (C=O) groups excluding carboxylic acids is 1. The molecule has 0 aliphatic heterocycles. The smallest absolute Gasteiger partial charge is 0.321 e. The number of halogens is 1. The van der Waals surface area contributed by atoms with E-state index in [-0.39, 0.29) is 31.2 Å². The first kappa shape index (κ1) is 17.9. The lowest BCUT2D eigenvalue weighted by Gasteiger charge is -2.13. The molecule has 6 heteroatoms. The number of carboxylic acids is 1. The highest BCUT2D eigenvalue weighted by Gasteiger charge is 2.21. The van der Waals surface area contributed by atoms with Gasteiger partial charge in [-0.15, -0.1) is 12.4 Å². The van der Waals surface area contributed by atoms with Gasteiger partial charge in [-0.05, 0) is 19.1 Å². The lowest BCUT2D eigenvalue weighted by molar-refractivity contribution is -0.139. The van der Waals surface area contributed by atoms with Gasteiger partial charge in [0.1, 0.15) is 11.8 Å². The maximum Gasteiger partial charge on any atom is 0.321 e. The zero-order chi connectivity index (χ0) is 15.2. The Morgan fingerprint density at radius 2 is 1.91 bits per heavy atom. The number of furan rings is 1. The molecule has 1 atom stereocenters. The van der Waals surface area contributed by atoms with Gasteiger partial charge in [-0.1, -0.05) is 29.8 Å². The van der Waals surface area contributed by atoms with Crippen molar-refractivity contribution >= 4 is 24.2 Å². The molecule has 0 aliphatic carbocycles. The Labute approximate surface area is 134 Å². The Kier molecular flexibility index (Phi) is 6.82. The highest BCUT2D eigenvalue weighted by molar-refractivity contribution is 5.98. The number of hydrogen-bond acceptors (Lipinski definition) is 4. The van der Waals surface area contributed by atoms with Crippen molar-refractivity contribution in [3.63, 3.8) is 0 Å². The van der Waals surface area contributed by atoms with Gasteiger partial charge in [-0.2, -0.15) is 0 Å². The van der Waals surface area contributed by atoms with Crippen LogP contribution in [0.3, 0.4) is 0 Å². The molecule has 1 aromatic heterocycles. The number of nitrogens with one attached hydrogen (secondary N) is 1. The number of rotatable bonds is 7. The van der Waals surface area contributed by atoms with Crippen LogP contribution in [0.2, 0.25) is 0 Å². The zero-order valence-electron chi connectivity index (χ0n) is 12.1. The van der Waals surface area contributed by atoms with Crippen molar-refractivity contribution in [3.05, 3.63) is 59.5 Å². The Hall–Kier alpha value is -2.11. The largest absolute Gasteiger partial charge is 0.480 e. The van der Waals surface area contributed by atoms with Crippen molar-refractivity contribution in [1.82, 2.24) is 5.32 Å². The first-order valence-electron chi connectivity index (χ1n) is 6.64. The molecule has 5 nitrogen and oxygen atoms in total. The molecule has 0 amide bonds. The number of aliphatic carboxylic acids is 1. The minimum atomic E-state index is -1.05. The van der Waals surface area contributed by atoms with Crippen LogP contribution < -0.4 is 5.32 Å². The Balaban J connectivity index is 0.00000242. The van der Waals surface area contributed by atoms with Gasteiger partial charge < -0.3 is 9.52 Å². The van der Waals surface area contributed by atoms with Crippen LogP contribution in [0.1, 0.15) is 28.1 Å². The molecule has 2 N–H and O–H groups in total. The van der Waals surface area contributed by atoms with E-state index in [4.69, 9.17) is 4.42 Å². The van der Waals surface area contributed by atoms with E-state index in [1.807, 2.05) is 19.1 Å². The van der Waals surface area contributed by atoms with E-state index in [9.17, 15) is 14.7 Å². The normalized spacial score (nSPS) is 11.5. The fraction of sp³-hybridized carbons (Fsp3) is 0.250. The van der Waals surface area contributed by atoms with Crippen LogP contribution in [0, 0.1) is 6.92 Å². The summed E-state index contributed by atoms with van der Waals surface area (Å²) >= 11 is 0. The Bertz CT molecular complexity index is 608. The fourth-order valence-corrected chi connectivity index (χ4v) is 1.93. The number of benzene rings is 1. The molecule has 22 heavy (non-hydrogen) atoms. The number of Topliss-reactive ketones (excluding diaryl/α,β-unsaturated/α-hetero) is 1. The van der Waals surface area contributed by atoms with E-state index in [2.05, 4.69) is 5.32 Å². The summed E-state index contributed by atoms with van der Waals surface area (Å²) in [6.45, 7) is 2.20. The highest BCUT2D eigenvalue weighted by atomic mass is 35.5. The van der Waals surface area contributed by atoms with Crippen molar-refractivity contribution in [3.8, 4) is 0 Å². The van der Waals surface area contributed by atoms with E-state index in [1.165, 1.54) is 6.26 Å². The molecule has 0 radical (unpaired) electrons. The topological polar surface area (TPSA) is 79.5 Å². The average Bonchev–Trinajstić information content (AvgIpc) is 2.96. The molecule has 1 unspecified atom stereocenters. The molecule has 1 aromatic carbocycles. The van der Waals surface area contributed by atoms with Gasteiger partial charge in [0.2, 0.25) is 0 Å². The molecule has 0 bridgehead atoms. The second-order valence-corrected chi connectivity index (χ2v) is 4.84. The molecular formula is C16H18ClNO4. The SMILES string of the molecule is Cc1ccc(C(=O)CC(NCc2ccco2)C(=O)O)cc1.Cl. The predicted octanol–water partition coefficient (Wildman–Crippen LogP) is 2.83. The lowest BCUT2D eigenvalue weighted by Crippen LogP contribution is -2.38. The second-order valence-electron chi connectivity index (χ2n) is 4.84. The van der Waals surface area contributed by atoms with Crippen molar-refractivity contribution in [2.45, 2.75) is 25.9 Å². The molecular weight excluding hydrogens is 306 g/mol. The first-order valence-corrected chi connectivity index (χ1v) is 6.64. The Morgan fingerprint density at radius 1 is 1.23 bits per heavy atom. The average molecular weight is 324 g/mol. The monoisotopic (exact) mass is 323 g/mol. The van der Waals surface area contributed by atoms with Crippen LogP contribution in [0.25, 0.3) is 0 Å². The first-order chi connectivity index (χ1) is 10.1. The molecule has 0 fully saturated rings. The maximum absolute atomic E-state index is 12.1. The fourth-order valence-electron chi connectivity index (χ4n) is 1.93. The van der Waals surface area contributed by atoms with E-state index >= 15 is 0 Å². The summed E-state index contributed by atoms with van der Waals surface area (Å²) in [7, 11) is 0. The van der Waals surface area contributed by atoms with E-state index in [1.54, 1.807) is 24.3 Å². The number of carboxylic acid groups (broad SMARTS) is 1. The molecule has 0 saturated carbocycles. The number of hydrogen-bond donors (Lipinski definition) is 2. The standard InChI is InChI=1S/C16H17NO4.ClH/c1-11-4-6-12(7-5-11)15(18)9-14(16(19)20)17-10-13-3-2-8-21-13;/h2-8,14,17H,9-10H2,1H3,(H,19,20);1H. The minimum Gasteiger partial charge on any atom is -0.480 e. The van der Waals surface area contributed by atoms with E-state index < -0.39 is 12.0 Å². The van der Waals surface area contributed by atoms with Crippen LogP contribution >= 0.6 is 12.4 Å². The third-order valence-corrected chi connectivity index (χ3v) is 3.16. The van der Waals surface area contributed by atoms with Crippen LogP contribution in [0.5, 0.6) is 0 Å². The van der Waals surface area contributed by atoms with Crippen LogP contribution in [0.15, 0.2) is 47.1 Å². The summed E-state index contributed by atoms with van der Waals surface area (Å²) < 4.78 is 5.13. The molecule has 2 aromatic rings. The van der Waals surface area contributed by atoms with Crippen LogP contribution in [-0.2, 0) is 11.3 Å². The second kappa shape index (κ2) is 8.36. The summed E-state index contributed by atoms with van der Waals surface area (Å²) in [4.78, 5) is 23.3. The predicted molar refractivity (Wildman–Crippen MR) is 84.3 cm³/mol. The minimum absolute atomic E-state index is 0. The molecule has 2 rings (SSSR count). The third-order valence-electron chi connectivity index (χ3n) is 3.16. The van der Waals surface area contributed by atoms with Gasteiger partial charge in [0.15, 0.2) is 5.78 Å². The molecule has 0 spiro atoms. The van der Waals surface area contributed by atoms with Crippen LogP contribution in [0.4, 0.5) is 0 Å². The summed E-state index contributed by atoms with van der Waals surface area (Å²) in [6, 6.07) is 9.62. The zero-order valence-corrected chi connectivity index (χ0v) is 12.9. The van der Waals surface area contributed by atoms with Gasteiger partial charge in [0.25, 0.3) is 0 Å². The summed E-state index contributed by atoms with van der Waals surface area (Å²) in [5.74, 6) is -0.625. The lowest BCUT2D eigenvalue weighted by atomic mass is 10.0. The van der Waals surface area contributed by atoms with Crippen molar-refractivity contribution in [2.75, 3.05) is 0 Å². The molecule has 118 valence electrons. The van der Waals surface area contributed by atoms with Gasteiger partial charge in [0, 0.05) is 12.0 Å². The van der Waals surface area contributed by atoms with Gasteiger partial charge >= 0.3 is 5.97 Å². The van der Waals surface area contributed by atoms with Crippen molar-refractivity contribution < 1.29 is 19.1 Å². The third kappa shape index (κ3) is 5.02. The van der Waals surface area contributed by atoms with Crippen molar-refractivity contribution in [2.24, 2.45) is 0 Å². The van der Waals surface area contributed by atoms with Crippen molar-refractivity contribution in [1.29, 1.82) is 0 Å². The molecule has 0 aliphatic rings. The Morgan fingerprint density at radius 3 is 2.45 bits per heavy atom. The number of aryl methyl sites for hydroxylation is 1. The maximum atomic E-state index is 12.1. The quantitative estimate of drug-likeness (QED) is 0.766. The highest BCUT2D eigenvalue weighted by Crippen LogP contribution is 2.09. The van der Waals surface area contributed by atoms with Gasteiger partial charge in [-0.25, -0.2) is 0 Å². The van der Waals surface area contributed by atoms with E-state index in [0.717, 1.165) is 5.56 Å². The number of ketones is 1. The summed E-state index contributed by atoms with van der Waals surface area (Å²) in [5.41, 5.74) is 1.57. The van der Waals surface area contributed by atoms with Gasteiger partial charge in [-0.3, -0.25) is 14.9 Å². The molecule has 0 saturated heterocycles. The summed E-state index contributed by atoms with van der Waals surface area (Å²) in [5, 5.41) is 12.0. The molecule has 1 heterocycles. The van der Waals surface area contributed by atoms with Crippen LogP contribution in [-0.4, -0.2) is 22.9 Å². The number of carbonyl (C=O) groups is 2. The van der Waals surface area contributed by atoms with Gasteiger partial charge in [0.05, 0.1) is 12.8 Å². The summed E-state index contributed by atoms with van der Waals surface area (Å²) in [6.07, 6.45) is 1.42. The van der Waals surface area contributed by atoms with E-state index in [0.29, 0.717) is 11.3 Å².